The maximum absolute atomic E-state index is 11.8. The lowest BCUT2D eigenvalue weighted by Crippen LogP contribution is -2.38. The average Bonchev–Trinajstić information content (AvgIpc) is 2.37. The summed E-state index contributed by atoms with van der Waals surface area (Å²) in [5.74, 6) is -0.0601. The molecule has 4 nitrogen and oxygen atoms in total. The van der Waals surface area contributed by atoms with Crippen LogP contribution < -0.4 is 10.6 Å². The van der Waals surface area contributed by atoms with Crippen LogP contribution in [0.3, 0.4) is 0 Å². The van der Waals surface area contributed by atoms with Crippen LogP contribution in [0, 0.1) is 0 Å². The van der Waals surface area contributed by atoms with Gasteiger partial charge in [0, 0.05) is 24.7 Å². The number of methoxy groups -OCH3 is 1. The Morgan fingerprint density at radius 2 is 2.26 bits per heavy atom. The van der Waals surface area contributed by atoms with E-state index in [0.717, 1.165) is 16.6 Å². The van der Waals surface area contributed by atoms with Crippen LogP contribution in [0.15, 0.2) is 22.7 Å². The van der Waals surface area contributed by atoms with Crippen molar-refractivity contribution < 1.29 is 9.53 Å². The van der Waals surface area contributed by atoms with Crippen molar-refractivity contribution in [3.63, 3.8) is 0 Å². The minimum Gasteiger partial charge on any atom is -0.385 e. The molecule has 106 valence electrons. The van der Waals surface area contributed by atoms with Crippen LogP contribution >= 0.6 is 27.5 Å². The van der Waals surface area contributed by atoms with Gasteiger partial charge >= 0.3 is 0 Å². The molecule has 2 N–H and O–H groups in total. The second kappa shape index (κ2) is 8.40. The van der Waals surface area contributed by atoms with Crippen LogP contribution in [0.2, 0.25) is 5.02 Å². The molecule has 0 bridgehead atoms. The van der Waals surface area contributed by atoms with Gasteiger partial charge in [0.1, 0.15) is 6.04 Å². The summed E-state index contributed by atoms with van der Waals surface area (Å²) in [4.78, 5) is 11.8. The Morgan fingerprint density at radius 1 is 1.53 bits per heavy atom. The Balaban J connectivity index is 2.45. The van der Waals surface area contributed by atoms with E-state index < -0.39 is 0 Å². The minimum atomic E-state index is -0.346. The van der Waals surface area contributed by atoms with Crippen LogP contribution in [-0.4, -0.2) is 32.2 Å². The molecule has 0 saturated heterocycles. The lowest BCUT2D eigenvalue weighted by Gasteiger charge is -2.16. The second-order valence-electron chi connectivity index (χ2n) is 4.13. The molecule has 19 heavy (non-hydrogen) atoms. The van der Waals surface area contributed by atoms with Crippen molar-refractivity contribution in [2.24, 2.45) is 0 Å². The Hall–Kier alpha value is -0.780. The fourth-order valence-corrected chi connectivity index (χ4v) is 2.21. The van der Waals surface area contributed by atoms with Crippen LogP contribution in [0.4, 0.5) is 5.69 Å². The van der Waals surface area contributed by atoms with Crippen LogP contribution in [-0.2, 0) is 9.53 Å². The van der Waals surface area contributed by atoms with Crippen molar-refractivity contribution >= 4 is 39.1 Å². The maximum atomic E-state index is 11.8. The highest BCUT2D eigenvalue weighted by Gasteiger charge is 2.13. The third kappa shape index (κ3) is 5.80. The second-order valence-corrected chi connectivity index (χ2v) is 5.45. The molecule has 0 fully saturated rings. The highest BCUT2D eigenvalue weighted by atomic mass is 79.9. The first-order chi connectivity index (χ1) is 9.04. The molecule has 0 saturated carbocycles. The number of ether oxygens (including phenoxy) is 1. The molecule has 1 unspecified atom stereocenters. The van der Waals surface area contributed by atoms with Crippen LogP contribution in [0.25, 0.3) is 0 Å². The van der Waals surface area contributed by atoms with Gasteiger partial charge in [0.05, 0.1) is 10.7 Å². The Labute approximate surface area is 127 Å². The van der Waals surface area contributed by atoms with Crippen molar-refractivity contribution in [2.45, 2.75) is 19.4 Å². The van der Waals surface area contributed by atoms with E-state index in [2.05, 4.69) is 26.6 Å². The lowest BCUT2D eigenvalue weighted by atomic mass is 10.2. The predicted octanol–water partition coefficient (Wildman–Crippen LogP) is 3.06. The van der Waals surface area contributed by atoms with E-state index in [-0.39, 0.29) is 11.9 Å². The van der Waals surface area contributed by atoms with Crippen molar-refractivity contribution in [1.29, 1.82) is 0 Å². The van der Waals surface area contributed by atoms with Crippen molar-refractivity contribution in [1.82, 2.24) is 5.32 Å². The number of carbonyl (C=O) groups is 1. The molecule has 0 spiro atoms. The number of halogens is 2. The van der Waals surface area contributed by atoms with E-state index in [1.807, 2.05) is 12.1 Å². The number of anilines is 1. The normalized spacial score (nSPS) is 12.0. The average molecular weight is 350 g/mol. The van der Waals surface area contributed by atoms with Crippen molar-refractivity contribution in [2.75, 3.05) is 25.6 Å². The van der Waals surface area contributed by atoms with E-state index in [1.54, 1.807) is 20.1 Å². The van der Waals surface area contributed by atoms with Gasteiger partial charge in [-0.3, -0.25) is 4.79 Å². The number of nitrogens with one attached hydrogen (secondary N) is 2. The molecule has 0 heterocycles. The summed E-state index contributed by atoms with van der Waals surface area (Å²) >= 11 is 9.42. The zero-order valence-electron chi connectivity index (χ0n) is 11.0. The number of carbonyl (C=O) groups excluding carboxylic acids is 1. The molecule has 0 aliphatic carbocycles. The van der Waals surface area contributed by atoms with Crippen molar-refractivity contribution in [3.8, 4) is 0 Å². The third-order valence-electron chi connectivity index (χ3n) is 2.52. The predicted molar refractivity (Wildman–Crippen MR) is 81.7 cm³/mol. The largest absolute Gasteiger partial charge is 0.385 e. The van der Waals surface area contributed by atoms with Gasteiger partial charge in [-0.15, -0.1) is 0 Å². The first-order valence-corrected chi connectivity index (χ1v) is 7.20. The number of amides is 1. The molecule has 0 aliphatic rings. The number of hydrogen-bond donors (Lipinski definition) is 2. The molecule has 1 amide bonds. The fraction of sp³-hybridized carbons (Fsp3) is 0.462. The Morgan fingerprint density at radius 3 is 2.89 bits per heavy atom. The molecule has 0 aliphatic heterocycles. The minimum absolute atomic E-state index is 0.0601. The molecule has 1 aromatic rings. The Kier molecular flexibility index (Phi) is 7.20. The van der Waals surface area contributed by atoms with Gasteiger partial charge in [0.25, 0.3) is 0 Å². The smallest absolute Gasteiger partial charge is 0.242 e. The highest BCUT2D eigenvalue weighted by Crippen LogP contribution is 2.26. The monoisotopic (exact) mass is 348 g/mol. The first kappa shape index (κ1) is 16.3. The molecular formula is C13H18BrClN2O2. The summed E-state index contributed by atoms with van der Waals surface area (Å²) in [6.07, 6.45) is 0.800. The maximum Gasteiger partial charge on any atom is 0.242 e. The molecular weight excluding hydrogens is 332 g/mol. The van der Waals surface area contributed by atoms with E-state index in [9.17, 15) is 4.79 Å². The first-order valence-electron chi connectivity index (χ1n) is 6.03. The number of rotatable bonds is 7. The summed E-state index contributed by atoms with van der Waals surface area (Å²) in [5.41, 5.74) is 0.740. The van der Waals surface area contributed by atoms with E-state index in [0.29, 0.717) is 18.2 Å². The van der Waals surface area contributed by atoms with Gasteiger partial charge in [-0.25, -0.2) is 0 Å². The van der Waals surface area contributed by atoms with E-state index in [1.165, 1.54) is 0 Å². The summed E-state index contributed by atoms with van der Waals surface area (Å²) in [7, 11) is 1.64. The lowest BCUT2D eigenvalue weighted by molar-refractivity contribution is -0.121. The van der Waals surface area contributed by atoms with Gasteiger partial charge in [0.15, 0.2) is 0 Å². The van der Waals surface area contributed by atoms with Crippen LogP contribution in [0.1, 0.15) is 13.3 Å². The number of hydrogen-bond acceptors (Lipinski definition) is 3. The van der Waals surface area contributed by atoms with Gasteiger partial charge in [-0.05, 0) is 31.5 Å². The Bertz CT molecular complexity index is 429. The SMILES string of the molecule is COCCCNC(=O)C(C)Nc1ccc(Br)cc1Cl. The summed E-state index contributed by atoms with van der Waals surface area (Å²) < 4.78 is 5.82. The summed E-state index contributed by atoms with van der Waals surface area (Å²) in [6, 6.07) is 5.15. The topological polar surface area (TPSA) is 50.4 Å². The van der Waals surface area contributed by atoms with E-state index >= 15 is 0 Å². The van der Waals surface area contributed by atoms with Gasteiger partial charge in [0.2, 0.25) is 5.91 Å². The van der Waals surface area contributed by atoms with Gasteiger partial charge in [-0.2, -0.15) is 0 Å². The van der Waals surface area contributed by atoms with Crippen molar-refractivity contribution in [3.05, 3.63) is 27.7 Å². The molecule has 0 radical (unpaired) electrons. The van der Waals surface area contributed by atoms with E-state index in [4.69, 9.17) is 16.3 Å². The number of benzene rings is 1. The zero-order chi connectivity index (χ0) is 14.3. The molecule has 1 rings (SSSR count). The molecule has 0 aromatic heterocycles. The third-order valence-corrected chi connectivity index (χ3v) is 3.33. The molecule has 6 heteroatoms. The zero-order valence-corrected chi connectivity index (χ0v) is 13.3. The van der Waals surface area contributed by atoms with Gasteiger partial charge < -0.3 is 15.4 Å². The fourth-order valence-electron chi connectivity index (χ4n) is 1.49. The van der Waals surface area contributed by atoms with Gasteiger partial charge in [-0.1, -0.05) is 27.5 Å². The van der Waals surface area contributed by atoms with Crippen LogP contribution in [0.5, 0.6) is 0 Å². The highest BCUT2D eigenvalue weighted by molar-refractivity contribution is 9.10. The quantitative estimate of drug-likeness (QED) is 0.744. The summed E-state index contributed by atoms with van der Waals surface area (Å²) in [5, 5.41) is 6.49. The molecule has 1 atom stereocenters. The summed E-state index contributed by atoms with van der Waals surface area (Å²) in [6.45, 7) is 3.04. The standard InChI is InChI=1S/C13H18BrClN2O2/c1-9(13(18)16-6-3-7-19-2)17-12-5-4-10(14)8-11(12)15/h4-5,8-9,17H,3,6-7H2,1-2H3,(H,16,18). The molecule has 1 aromatic carbocycles.